The summed E-state index contributed by atoms with van der Waals surface area (Å²) in [6.45, 7) is 3.56. The summed E-state index contributed by atoms with van der Waals surface area (Å²) in [4.78, 5) is 29.9. The van der Waals surface area contributed by atoms with Crippen LogP contribution in [0.15, 0.2) is 36.7 Å². The van der Waals surface area contributed by atoms with Crippen LogP contribution in [0.4, 0.5) is 0 Å². The van der Waals surface area contributed by atoms with Crippen LogP contribution in [0.5, 0.6) is 0 Å². The van der Waals surface area contributed by atoms with Gasteiger partial charge < -0.3 is 14.8 Å². The zero-order valence-electron chi connectivity index (χ0n) is 17.6. The summed E-state index contributed by atoms with van der Waals surface area (Å²) < 4.78 is 4.01. The number of nitrogens with zero attached hydrogens (tertiary/aromatic N) is 6. The van der Waals surface area contributed by atoms with E-state index in [4.69, 9.17) is 0 Å². The molecule has 1 aromatic carbocycles. The van der Waals surface area contributed by atoms with Crippen LogP contribution in [0.3, 0.4) is 0 Å². The molecule has 0 atom stereocenters. The Morgan fingerprint density at radius 3 is 2.84 bits per heavy atom. The van der Waals surface area contributed by atoms with Crippen LogP contribution in [0.2, 0.25) is 0 Å². The second kappa shape index (κ2) is 9.95. The highest BCUT2D eigenvalue weighted by molar-refractivity contribution is 7.99. The third-order valence-corrected chi connectivity index (χ3v) is 6.39. The van der Waals surface area contributed by atoms with Crippen LogP contribution in [0.25, 0.3) is 11.0 Å². The lowest BCUT2D eigenvalue weighted by Gasteiger charge is -2.32. The summed E-state index contributed by atoms with van der Waals surface area (Å²) in [7, 11) is 0. The van der Waals surface area contributed by atoms with Gasteiger partial charge in [0.1, 0.15) is 18.0 Å². The average Bonchev–Trinajstić information content (AvgIpc) is 3.41. The third-order valence-electron chi connectivity index (χ3n) is 5.55. The number of rotatable bonds is 8. The predicted octanol–water partition coefficient (Wildman–Crippen LogP) is 2.06. The molecular formula is C21H27N7O2S. The minimum absolute atomic E-state index is 0.0451. The number of benzene rings is 1. The number of likely N-dealkylation sites (tertiary alicyclic amines) is 1. The van der Waals surface area contributed by atoms with Crippen molar-refractivity contribution in [3.8, 4) is 0 Å². The molecule has 10 heteroatoms. The molecule has 1 aliphatic heterocycles. The summed E-state index contributed by atoms with van der Waals surface area (Å²) in [6, 6.07) is 7.92. The van der Waals surface area contributed by atoms with Crippen LogP contribution < -0.4 is 5.32 Å². The standard InChI is InChI=1S/C21H27N7O2S/c1-16(29)23-14-31-13-8-20(30)26-10-6-17(7-11-26)21-22-9-12-27(21)15-28-19-5-3-2-4-18(19)24-25-28/h2-5,9,12,17H,6-8,10-11,13-15H2,1H3,(H,23,29). The molecule has 0 aliphatic carbocycles. The van der Waals surface area contributed by atoms with E-state index in [1.807, 2.05) is 46.2 Å². The lowest BCUT2D eigenvalue weighted by atomic mass is 9.95. The van der Waals surface area contributed by atoms with Gasteiger partial charge in [-0.3, -0.25) is 9.59 Å². The Hall–Kier alpha value is -2.88. The van der Waals surface area contributed by atoms with Gasteiger partial charge in [-0.1, -0.05) is 17.3 Å². The van der Waals surface area contributed by atoms with Crippen molar-refractivity contribution in [1.29, 1.82) is 0 Å². The van der Waals surface area contributed by atoms with Gasteiger partial charge in [0.15, 0.2) is 0 Å². The van der Waals surface area contributed by atoms with E-state index in [0.717, 1.165) is 48.5 Å². The molecule has 0 spiro atoms. The van der Waals surface area contributed by atoms with Crippen LogP contribution in [0.1, 0.15) is 37.9 Å². The number of hydrogen-bond donors (Lipinski definition) is 1. The molecule has 2 amide bonds. The van der Waals surface area contributed by atoms with Crippen molar-refractivity contribution in [2.75, 3.05) is 24.7 Å². The summed E-state index contributed by atoms with van der Waals surface area (Å²) in [5.74, 6) is 2.77. The van der Waals surface area contributed by atoms with Gasteiger partial charge in [-0.2, -0.15) is 0 Å². The number of thioether (sulfide) groups is 1. The molecular weight excluding hydrogens is 414 g/mol. The van der Waals surface area contributed by atoms with Crippen LogP contribution in [-0.2, 0) is 16.3 Å². The molecule has 3 aromatic rings. The molecule has 164 valence electrons. The zero-order valence-corrected chi connectivity index (χ0v) is 18.4. The quantitative estimate of drug-likeness (QED) is 0.424. The maximum absolute atomic E-state index is 12.5. The number of carbonyl (C=O) groups excluding carboxylic acids is 2. The van der Waals surface area contributed by atoms with E-state index in [0.29, 0.717) is 24.9 Å². The zero-order chi connectivity index (χ0) is 21.6. The third kappa shape index (κ3) is 5.25. The second-order valence-corrected chi connectivity index (χ2v) is 8.77. The SMILES string of the molecule is CC(=O)NCSCCC(=O)N1CCC(c2nccn2Cn2nnc3ccccc32)CC1. The molecule has 0 radical (unpaired) electrons. The Morgan fingerprint density at radius 1 is 1.23 bits per heavy atom. The van der Waals surface area contributed by atoms with Crippen molar-refractivity contribution in [2.45, 2.75) is 38.8 Å². The fourth-order valence-corrected chi connectivity index (χ4v) is 4.66. The first-order chi connectivity index (χ1) is 15.1. The molecule has 1 aliphatic rings. The van der Waals surface area contributed by atoms with E-state index in [1.54, 1.807) is 11.8 Å². The van der Waals surface area contributed by atoms with Gasteiger partial charge in [0, 0.05) is 50.5 Å². The molecule has 0 saturated carbocycles. The first-order valence-corrected chi connectivity index (χ1v) is 11.7. The number of nitrogens with one attached hydrogen (secondary N) is 1. The fraction of sp³-hybridized carbons (Fsp3) is 0.476. The van der Waals surface area contributed by atoms with Gasteiger partial charge >= 0.3 is 0 Å². The van der Waals surface area contributed by atoms with Crippen molar-refractivity contribution in [2.24, 2.45) is 0 Å². The van der Waals surface area contributed by atoms with Crippen LogP contribution in [0, 0.1) is 0 Å². The van der Waals surface area contributed by atoms with Gasteiger partial charge in [-0.15, -0.1) is 16.9 Å². The Kier molecular flexibility index (Phi) is 6.86. The normalized spacial score (nSPS) is 14.8. The molecule has 4 rings (SSSR count). The van der Waals surface area contributed by atoms with E-state index in [-0.39, 0.29) is 11.8 Å². The molecule has 3 heterocycles. The monoisotopic (exact) mass is 441 g/mol. The Balaban J connectivity index is 1.29. The minimum Gasteiger partial charge on any atom is -0.347 e. The molecule has 31 heavy (non-hydrogen) atoms. The van der Waals surface area contributed by atoms with Crippen molar-refractivity contribution in [3.63, 3.8) is 0 Å². The van der Waals surface area contributed by atoms with Crippen LogP contribution in [-0.4, -0.2) is 66.0 Å². The molecule has 0 unspecified atom stereocenters. The van der Waals surface area contributed by atoms with Crippen molar-refractivity contribution in [3.05, 3.63) is 42.5 Å². The lowest BCUT2D eigenvalue weighted by Crippen LogP contribution is -2.38. The number of hydrogen-bond acceptors (Lipinski definition) is 6. The first kappa shape index (κ1) is 21.4. The number of imidazole rings is 1. The number of carbonyl (C=O) groups is 2. The van der Waals surface area contributed by atoms with Crippen molar-refractivity contribution in [1.82, 2.24) is 34.8 Å². The van der Waals surface area contributed by atoms with Gasteiger partial charge in [0.25, 0.3) is 0 Å². The maximum atomic E-state index is 12.5. The van der Waals surface area contributed by atoms with Gasteiger partial charge in [0.05, 0.1) is 11.4 Å². The fourth-order valence-electron chi connectivity index (χ4n) is 3.90. The Bertz CT molecular complexity index is 1040. The van der Waals surface area contributed by atoms with E-state index in [1.165, 1.54) is 6.92 Å². The summed E-state index contributed by atoms with van der Waals surface area (Å²) in [5, 5.41) is 11.2. The highest BCUT2D eigenvalue weighted by Crippen LogP contribution is 2.27. The number of para-hydroxylation sites is 1. The topological polar surface area (TPSA) is 97.9 Å². The first-order valence-electron chi connectivity index (χ1n) is 10.5. The number of amides is 2. The largest absolute Gasteiger partial charge is 0.347 e. The van der Waals surface area contributed by atoms with Gasteiger partial charge in [-0.05, 0) is 25.0 Å². The molecule has 0 bridgehead atoms. The van der Waals surface area contributed by atoms with Gasteiger partial charge in [-0.25, -0.2) is 9.67 Å². The Labute approximate surface area is 185 Å². The number of piperidine rings is 1. The van der Waals surface area contributed by atoms with E-state index >= 15 is 0 Å². The smallest absolute Gasteiger partial charge is 0.223 e. The molecule has 2 aromatic heterocycles. The number of fused-ring (bicyclic) bond motifs is 1. The highest BCUT2D eigenvalue weighted by Gasteiger charge is 2.26. The summed E-state index contributed by atoms with van der Waals surface area (Å²) in [5.41, 5.74) is 1.88. The van der Waals surface area contributed by atoms with Crippen molar-refractivity contribution >= 4 is 34.6 Å². The molecule has 1 fully saturated rings. The highest BCUT2D eigenvalue weighted by atomic mass is 32.2. The maximum Gasteiger partial charge on any atom is 0.223 e. The van der Waals surface area contributed by atoms with Gasteiger partial charge in [0.2, 0.25) is 11.8 Å². The summed E-state index contributed by atoms with van der Waals surface area (Å²) >= 11 is 1.57. The minimum atomic E-state index is -0.0451. The van der Waals surface area contributed by atoms with Crippen LogP contribution >= 0.6 is 11.8 Å². The van der Waals surface area contributed by atoms with E-state index in [9.17, 15) is 9.59 Å². The van der Waals surface area contributed by atoms with Crippen molar-refractivity contribution < 1.29 is 9.59 Å². The lowest BCUT2D eigenvalue weighted by molar-refractivity contribution is -0.131. The predicted molar refractivity (Wildman–Crippen MR) is 119 cm³/mol. The molecule has 1 saturated heterocycles. The summed E-state index contributed by atoms with van der Waals surface area (Å²) in [6.07, 6.45) is 6.12. The number of aromatic nitrogens is 5. The molecule has 1 N–H and O–H groups in total. The Morgan fingerprint density at radius 2 is 2.03 bits per heavy atom. The average molecular weight is 442 g/mol. The van der Waals surface area contributed by atoms with E-state index in [2.05, 4.69) is 25.2 Å². The molecule has 9 nitrogen and oxygen atoms in total. The van der Waals surface area contributed by atoms with E-state index < -0.39 is 0 Å². The second-order valence-electron chi connectivity index (χ2n) is 7.66.